The van der Waals surface area contributed by atoms with Crippen LogP contribution in [0.5, 0.6) is 11.5 Å². The lowest BCUT2D eigenvalue weighted by Crippen LogP contribution is -2.19. The maximum atomic E-state index is 12.0. The predicted octanol–water partition coefficient (Wildman–Crippen LogP) is 2.37. The molecule has 16 heavy (non-hydrogen) atoms. The van der Waals surface area contributed by atoms with Gasteiger partial charge in [-0.2, -0.15) is 0 Å². The van der Waals surface area contributed by atoms with Crippen LogP contribution < -0.4 is 4.74 Å². The molecule has 1 N–H and O–H groups in total. The van der Waals surface area contributed by atoms with Gasteiger partial charge in [-0.1, -0.05) is 0 Å². The Labute approximate surface area is 92.6 Å². The molecule has 1 rings (SSSR count). The van der Waals surface area contributed by atoms with Gasteiger partial charge in [-0.25, -0.2) is 0 Å². The Morgan fingerprint density at radius 2 is 2.12 bits per heavy atom. The van der Waals surface area contributed by atoms with Crippen LogP contribution >= 0.6 is 11.6 Å². The highest BCUT2D eigenvalue weighted by Gasteiger charge is 2.35. The number of aromatic hydroxyl groups is 1. The molecule has 0 amide bonds. The number of carbonyl (C=O) groups excluding carboxylic acids is 1. The molecule has 1 heterocycles. The topological polar surface area (TPSA) is 59.4 Å². The number of alkyl halides is 3. The molecule has 8 heteroatoms. The first-order valence-corrected chi connectivity index (χ1v) is 4.24. The van der Waals surface area contributed by atoms with E-state index in [9.17, 15) is 23.1 Å². The molecule has 0 aromatic carbocycles. The maximum absolute atomic E-state index is 12.0. The quantitative estimate of drug-likeness (QED) is 0.824. The fourth-order valence-electron chi connectivity index (χ4n) is 0.932. The highest BCUT2D eigenvalue weighted by Crippen LogP contribution is 2.36. The Bertz CT molecular complexity index is 433. The first kappa shape index (κ1) is 12.6. The van der Waals surface area contributed by atoms with Gasteiger partial charge in [0.25, 0.3) is 5.24 Å². The van der Waals surface area contributed by atoms with Gasteiger partial charge in [0.1, 0.15) is 0 Å². The number of rotatable bonds is 2. The predicted molar refractivity (Wildman–Crippen MR) is 47.5 cm³/mol. The van der Waals surface area contributed by atoms with Gasteiger partial charge in [0.15, 0.2) is 11.5 Å². The number of ether oxygens (including phenoxy) is 1. The maximum Gasteiger partial charge on any atom is 0.573 e. The Morgan fingerprint density at radius 1 is 1.56 bits per heavy atom. The molecule has 0 saturated heterocycles. The first-order chi connectivity index (χ1) is 7.22. The van der Waals surface area contributed by atoms with Crippen LogP contribution in [0.25, 0.3) is 0 Å². The second-order valence-electron chi connectivity index (χ2n) is 2.76. The number of aromatic nitrogens is 1. The molecule has 0 radical (unpaired) electrons. The molecular formula is C8H5ClF3NO3. The molecule has 0 unspecified atom stereocenters. The van der Waals surface area contributed by atoms with E-state index in [0.29, 0.717) is 0 Å². The van der Waals surface area contributed by atoms with E-state index in [1.54, 1.807) is 0 Å². The molecule has 4 nitrogen and oxygen atoms in total. The molecule has 0 atom stereocenters. The Hall–Kier alpha value is -1.50. The van der Waals surface area contributed by atoms with Crippen molar-refractivity contribution >= 4 is 16.8 Å². The Kier molecular flexibility index (Phi) is 3.27. The monoisotopic (exact) mass is 255 g/mol. The van der Waals surface area contributed by atoms with Crippen LogP contribution in [0.15, 0.2) is 6.20 Å². The summed E-state index contributed by atoms with van der Waals surface area (Å²) in [6.07, 6.45) is -4.24. The van der Waals surface area contributed by atoms with Crippen molar-refractivity contribution < 1.29 is 27.8 Å². The zero-order valence-corrected chi connectivity index (χ0v) is 8.56. The van der Waals surface area contributed by atoms with Gasteiger partial charge in [-0.3, -0.25) is 9.78 Å². The summed E-state index contributed by atoms with van der Waals surface area (Å²) in [7, 11) is 0. The van der Waals surface area contributed by atoms with E-state index in [4.69, 9.17) is 11.6 Å². The summed E-state index contributed by atoms with van der Waals surface area (Å²) in [4.78, 5) is 14.3. The minimum Gasteiger partial charge on any atom is -0.503 e. The molecule has 0 saturated carbocycles. The van der Waals surface area contributed by atoms with Crippen molar-refractivity contribution in [3.63, 3.8) is 0 Å². The minimum absolute atomic E-state index is 0.110. The van der Waals surface area contributed by atoms with Crippen molar-refractivity contribution in [3.05, 3.63) is 17.5 Å². The lowest BCUT2D eigenvalue weighted by atomic mass is 10.2. The first-order valence-electron chi connectivity index (χ1n) is 3.86. The summed E-state index contributed by atoms with van der Waals surface area (Å²) < 4.78 is 39.5. The van der Waals surface area contributed by atoms with Crippen LogP contribution in [-0.2, 0) is 0 Å². The third kappa shape index (κ3) is 2.75. The Balaban J connectivity index is 3.32. The fourth-order valence-corrected chi connectivity index (χ4v) is 1.07. The largest absolute Gasteiger partial charge is 0.573 e. The highest BCUT2D eigenvalue weighted by atomic mass is 35.5. The van der Waals surface area contributed by atoms with E-state index in [2.05, 4.69) is 9.72 Å². The van der Waals surface area contributed by atoms with Crippen molar-refractivity contribution in [3.8, 4) is 11.5 Å². The van der Waals surface area contributed by atoms with Gasteiger partial charge >= 0.3 is 6.36 Å². The number of halogens is 4. The van der Waals surface area contributed by atoms with Crippen molar-refractivity contribution in [2.75, 3.05) is 0 Å². The van der Waals surface area contributed by atoms with Crippen molar-refractivity contribution in [1.29, 1.82) is 0 Å². The molecule has 0 fully saturated rings. The van der Waals surface area contributed by atoms with Gasteiger partial charge in [-0.15, -0.1) is 13.2 Å². The van der Waals surface area contributed by atoms with E-state index in [1.807, 2.05) is 0 Å². The van der Waals surface area contributed by atoms with E-state index in [0.717, 1.165) is 6.20 Å². The molecule has 0 aliphatic carbocycles. The van der Waals surface area contributed by atoms with Crippen LogP contribution in [0, 0.1) is 6.92 Å². The van der Waals surface area contributed by atoms with E-state index in [-0.39, 0.29) is 5.69 Å². The molecule has 0 aliphatic heterocycles. The third-order valence-electron chi connectivity index (χ3n) is 1.62. The van der Waals surface area contributed by atoms with Gasteiger partial charge in [0.2, 0.25) is 0 Å². The molecule has 0 spiro atoms. The van der Waals surface area contributed by atoms with Crippen LogP contribution in [0.2, 0.25) is 0 Å². The van der Waals surface area contributed by atoms with Crippen LogP contribution in [-0.4, -0.2) is 21.7 Å². The van der Waals surface area contributed by atoms with Gasteiger partial charge in [-0.05, 0) is 18.5 Å². The zero-order chi connectivity index (χ0) is 12.5. The van der Waals surface area contributed by atoms with Crippen LogP contribution in [0.4, 0.5) is 13.2 Å². The van der Waals surface area contributed by atoms with E-state index >= 15 is 0 Å². The summed E-state index contributed by atoms with van der Waals surface area (Å²) in [6, 6.07) is 0. The van der Waals surface area contributed by atoms with Gasteiger partial charge in [0, 0.05) is 6.20 Å². The summed E-state index contributed by atoms with van der Waals surface area (Å²) in [5.74, 6) is -1.91. The average molecular weight is 256 g/mol. The van der Waals surface area contributed by atoms with Crippen LogP contribution in [0.1, 0.15) is 16.1 Å². The molecule has 1 aromatic heterocycles. The lowest BCUT2D eigenvalue weighted by Gasteiger charge is -2.13. The summed E-state index contributed by atoms with van der Waals surface area (Å²) in [5.41, 5.74) is -0.761. The normalized spacial score (nSPS) is 11.3. The lowest BCUT2D eigenvalue weighted by molar-refractivity contribution is -0.275. The zero-order valence-electron chi connectivity index (χ0n) is 7.80. The van der Waals surface area contributed by atoms with E-state index in [1.165, 1.54) is 6.92 Å². The smallest absolute Gasteiger partial charge is 0.503 e. The molecule has 88 valence electrons. The number of aryl methyl sites for hydroxylation is 1. The van der Waals surface area contributed by atoms with Crippen molar-refractivity contribution in [2.24, 2.45) is 0 Å². The summed E-state index contributed by atoms with van der Waals surface area (Å²) in [6.45, 7) is 1.25. The number of nitrogens with zero attached hydrogens (tertiary/aromatic N) is 1. The summed E-state index contributed by atoms with van der Waals surface area (Å²) in [5, 5.41) is 8.09. The number of hydrogen-bond donors (Lipinski definition) is 1. The van der Waals surface area contributed by atoms with Gasteiger partial charge < -0.3 is 9.84 Å². The van der Waals surface area contributed by atoms with Crippen LogP contribution in [0.3, 0.4) is 0 Å². The summed E-state index contributed by atoms with van der Waals surface area (Å²) >= 11 is 5.02. The molecule has 1 aromatic rings. The van der Waals surface area contributed by atoms with Gasteiger partial charge in [0.05, 0.1) is 11.3 Å². The second-order valence-corrected chi connectivity index (χ2v) is 3.10. The fraction of sp³-hybridized carbons (Fsp3) is 0.250. The number of hydrogen-bond acceptors (Lipinski definition) is 4. The Morgan fingerprint density at radius 3 is 2.56 bits per heavy atom. The molecule has 0 bridgehead atoms. The third-order valence-corrected chi connectivity index (χ3v) is 1.82. The van der Waals surface area contributed by atoms with E-state index < -0.39 is 28.7 Å². The SMILES string of the molecule is Cc1ncc(C(=O)Cl)c(OC(F)(F)F)c1O. The number of carbonyl (C=O) groups is 1. The molecular weight excluding hydrogens is 251 g/mol. The van der Waals surface area contributed by atoms with Crippen molar-refractivity contribution in [1.82, 2.24) is 4.98 Å². The average Bonchev–Trinajstić information content (AvgIpc) is 2.10. The second kappa shape index (κ2) is 4.17. The number of pyridine rings is 1. The minimum atomic E-state index is -5.04. The van der Waals surface area contributed by atoms with Crippen molar-refractivity contribution in [2.45, 2.75) is 13.3 Å². The standard InChI is InChI=1S/C8H5ClF3NO3/c1-3-5(14)6(16-8(10,11)12)4(2-13-3)7(9)15/h2,14H,1H3. The molecule has 0 aliphatic rings. The highest BCUT2D eigenvalue weighted by molar-refractivity contribution is 6.68.